The lowest BCUT2D eigenvalue weighted by atomic mass is 9.87. The minimum atomic E-state index is -0.198. The zero-order valence-electron chi connectivity index (χ0n) is 13.4. The van der Waals surface area contributed by atoms with Crippen LogP contribution in [0.5, 0.6) is 0 Å². The highest BCUT2D eigenvalue weighted by Crippen LogP contribution is 2.23. The molecule has 0 saturated heterocycles. The Morgan fingerprint density at radius 2 is 2.19 bits per heavy atom. The van der Waals surface area contributed by atoms with E-state index in [4.69, 9.17) is 0 Å². The molecule has 0 radical (unpaired) electrons. The second kappa shape index (κ2) is 7.07. The number of nitrogens with one attached hydrogen (secondary N) is 1. The van der Waals surface area contributed by atoms with Crippen LogP contribution in [-0.4, -0.2) is 33.4 Å². The number of carbonyl (C=O) groups excluding carboxylic acids is 1. The average Bonchev–Trinajstić information content (AvgIpc) is 2.72. The first-order chi connectivity index (χ1) is 10.0. The molecule has 0 aliphatic heterocycles. The van der Waals surface area contributed by atoms with Gasteiger partial charge in [-0.3, -0.25) is 9.48 Å². The number of aryl methyl sites for hydroxylation is 2. The van der Waals surface area contributed by atoms with Crippen molar-refractivity contribution in [3.05, 3.63) is 17.0 Å². The van der Waals surface area contributed by atoms with Crippen LogP contribution in [0, 0.1) is 19.8 Å². The van der Waals surface area contributed by atoms with Gasteiger partial charge in [-0.2, -0.15) is 5.10 Å². The van der Waals surface area contributed by atoms with E-state index in [0.29, 0.717) is 18.0 Å². The molecule has 1 aliphatic carbocycles. The molecule has 1 aromatic rings. The van der Waals surface area contributed by atoms with Crippen molar-refractivity contribution in [1.82, 2.24) is 15.1 Å². The molecule has 5 nitrogen and oxygen atoms in total. The molecule has 2 unspecified atom stereocenters. The van der Waals surface area contributed by atoms with E-state index in [1.54, 1.807) is 0 Å². The molecule has 1 aliphatic rings. The van der Waals surface area contributed by atoms with Crippen LogP contribution in [0.3, 0.4) is 0 Å². The smallest absolute Gasteiger partial charge is 0.255 e. The predicted octanol–water partition coefficient (Wildman–Crippen LogP) is 2.19. The quantitative estimate of drug-likeness (QED) is 0.874. The van der Waals surface area contributed by atoms with Crippen molar-refractivity contribution in [2.75, 3.05) is 6.54 Å². The van der Waals surface area contributed by atoms with Crippen LogP contribution in [0.4, 0.5) is 0 Å². The number of hydrogen-bond acceptors (Lipinski definition) is 3. The van der Waals surface area contributed by atoms with Crippen molar-refractivity contribution in [2.45, 2.75) is 65.5 Å². The maximum absolute atomic E-state index is 12.4. The minimum Gasteiger partial charge on any atom is -0.393 e. The SMILES string of the molecule is CCCn1nc(C)c(C(=O)NCC2CCCC(O)C2)c1C. The Morgan fingerprint density at radius 1 is 1.43 bits per heavy atom. The highest BCUT2D eigenvalue weighted by atomic mass is 16.3. The number of nitrogens with zero attached hydrogens (tertiary/aromatic N) is 2. The summed E-state index contributed by atoms with van der Waals surface area (Å²) in [7, 11) is 0. The van der Waals surface area contributed by atoms with E-state index >= 15 is 0 Å². The van der Waals surface area contributed by atoms with Gasteiger partial charge in [-0.15, -0.1) is 0 Å². The fourth-order valence-corrected chi connectivity index (χ4v) is 3.23. The van der Waals surface area contributed by atoms with Crippen LogP contribution in [0.25, 0.3) is 0 Å². The zero-order chi connectivity index (χ0) is 15.4. The van der Waals surface area contributed by atoms with Crippen LogP contribution in [0.2, 0.25) is 0 Å². The molecule has 0 bridgehead atoms. The fraction of sp³-hybridized carbons (Fsp3) is 0.750. The topological polar surface area (TPSA) is 67.2 Å². The average molecular weight is 293 g/mol. The third-order valence-corrected chi connectivity index (χ3v) is 4.35. The van der Waals surface area contributed by atoms with Crippen molar-refractivity contribution < 1.29 is 9.90 Å². The third kappa shape index (κ3) is 3.84. The second-order valence-corrected chi connectivity index (χ2v) is 6.17. The molecule has 0 spiro atoms. The lowest BCUT2D eigenvalue weighted by molar-refractivity contribution is 0.0873. The Bertz CT molecular complexity index is 496. The van der Waals surface area contributed by atoms with Crippen molar-refractivity contribution in [3.63, 3.8) is 0 Å². The molecule has 1 amide bonds. The van der Waals surface area contributed by atoms with Gasteiger partial charge in [0, 0.05) is 18.8 Å². The van der Waals surface area contributed by atoms with E-state index in [9.17, 15) is 9.90 Å². The Balaban J connectivity index is 1.97. The molecule has 0 aromatic carbocycles. The Morgan fingerprint density at radius 3 is 2.86 bits per heavy atom. The van der Waals surface area contributed by atoms with Crippen molar-refractivity contribution >= 4 is 5.91 Å². The molecule has 5 heteroatoms. The van der Waals surface area contributed by atoms with Crippen LogP contribution in [0.1, 0.15) is 60.8 Å². The van der Waals surface area contributed by atoms with E-state index in [2.05, 4.69) is 17.3 Å². The maximum Gasteiger partial charge on any atom is 0.255 e. The summed E-state index contributed by atoms with van der Waals surface area (Å²) in [4.78, 5) is 12.4. The number of aromatic nitrogens is 2. The van der Waals surface area contributed by atoms with E-state index in [-0.39, 0.29) is 12.0 Å². The van der Waals surface area contributed by atoms with Gasteiger partial charge in [0.1, 0.15) is 0 Å². The molecule has 21 heavy (non-hydrogen) atoms. The highest BCUT2D eigenvalue weighted by molar-refractivity contribution is 5.96. The van der Waals surface area contributed by atoms with Gasteiger partial charge in [0.2, 0.25) is 0 Å². The van der Waals surface area contributed by atoms with Gasteiger partial charge in [0.25, 0.3) is 5.91 Å². The standard InChI is InChI=1S/C16H27N3O2/c1-4-8-19-12(3)15(11(2)18-19)16(21)17-10-13-6-5-7-14(20)9-13/h13-14,20H,4-10H2,1-3H3,(H,17,21). The molecule has 1 fully saturated rings. The molecule has 2 N–H and O–H groups in total. The van der Waals surface area contributed by atoms with Crippen LogP contribution >= 0.6 is 0 Å². The van der Waals surface area contributed by atoms with Crippen molar-refractivity contribution in [2.24, 2.45) is 5.92 Å². The van der Waals surface area contributed by atoms with Gasteiger partial charge in [-0.1, -0.05) is 13.3 Å². The number of carbonyl (C=O) groups is 1. The first-order valence-corrected chi connectivity index (χ1v) is 8.03. The second-order valence-electron chi connectivity index (χ2n) is 6.17. The van der Waals surface area contributed by atoms with E-state index < -0.39 is 0 Å². The van der Waals surface area contributed by atoms with Gasteiger partial charge < -0.3 is 10.4 Å². The summed E-state index contributed by atoms with van der Waals surface area (Å²) in [5.41, 5.74) is 2.44. The first-order valence-electron chi connectivity index (χ1n) is 8.03. The summed E-state index contributed by atoms with van der Waals surface area (Å²) in [5.74, 6) is 0.358. The van der Waals surface area contributed by atoms with E-state index in [1.165, 1.54) is 0 Å². The molecule has 1 aromatic heterocycles. The molecular formula is C16H27N3O2. The summed E-state index contributed by atoms with van der Waals surface area (Å²) in [5, 5.41) is 17.2. The maximum atomic E-state index is 12.4. The van der Waals surface area contributed by atoms with Gasteiger partial charge in [-0.05, 0) is 45.4 Å². The van der Waals surface area contributed by atoms with E-state index in [0.717, 1.165) is 50.0 Å². The number of rotatable bonds is 5. The van der Waals surface area contributed by atoms with E-state index in [1.807, 2.05) is 18.5 Å². The number of aliphatic hydroxyl groups is 1. The van der Waals surface area contributed by atoms with Crippen LogP contribution in [-0.2, 0) is 6.54 Å². The zero-order valence-corrected chi connectivity index (χ0v) is 13.4. The van der Waals surface area contributed by atoms with Crippen molar-refractivity contribution in [1.29, 1.82) is 0 Å². The van der Waals surface area contributed by atoms with Gasteiger partial charge >= 0.3 is 0 Å². The summed E-state index contributed by atoms with van der Waals surface area (Å²) in [6.07, 6.45) is 4.64. The molecule has 2 atom stereocenters. The van der Waals surface area contributed by atoms with Gasteiger partial charge in [0.05, 0.1) is 17.4 Å². The molecular weight excluding hydrogens is 266 g/mol. The lowest BCUT2D eigenvalue weighted by Crippen LogP contribution is -2.33. The highest BCUT2D eigenvalue weighted by Gasteiger charge is 2.22. The monoisotopic (exact) mass is 293 g/mol. The number of hydrogen-bond donors (Lipinski definition) is 2. The first kappa shape index (κ1) is 16.0. The number of amides is 1. The molecule has 2 rings (SSSR count). The minimum absolute atomic E-state index is 0.0348. The molecule has 118 valence electrons. The number of aliphatic hydroxyl groups excluding tert-OH is 1. The Kier molecular flexibility index (Phi) is 5.39. The normalized spacial score (nSPS) is 22.3. The third-order valence-electron chi connectivity index (χ3n) is 4.35. The molecule has 1 heterocycles. The summed E-state index contributed by atoms with van der Waals surface area (Å²) < 4.78 is 1.91. The van der Waals surface area contributed by atoms with Gasteiger partial charge in [-0.25, -0.2) is 0 Å². The fourth-order valence-electron chi connectivity index (χ4n) is 3.23. The molecule has 1 saturated carbocycles. The Hall–Kier alpha value is -1.36. The van der Waals surface area contributed by atoms with Crippen molar-refractivity contribution in [3.8, 4) is 0 Å². The van der Waals surface area contributed by atoms with Crippen LogP contribution in [0.15, 0.2) is 0 Å². The Labute approximate surface area is 126 Å². The summed E-state index contributed by atoms with van der Waals surface area (Å²) in [6, 6.07) is 0. The predicted molar refractivity (Wildman–Crippen MR) is 82.3 cm³/mol. The summed E-state index contributed by atoms with van der Waals surface area (Å²) in [6.45, 7) is 7.43. The summed E-state index contributed by atoms with van der Waals surface area (Å²) >= 11 is 0. The van der Waals surface area contributed by atoms with Gasteiger partial charge in [0.15, 0.2) is 0 Å². The largest absolute Gasteiger partial charge is 0.393 e. The van der Waals surface area contributed by atoms with Crippen LogP contribution < -0.4 is 5.32 Å². The lowest BCUT2D eigenvalue weighted by Gasteiger charge is -2.25.